The highest BCUT2D eigenvalue weighted by atomic mass is 16.4. The van der Waals surface area contributed by atoms with E-state index in [0.29, 0.717) is 12.8 Å². The summed E-state index contributed by atoms with van der Waals surface area (Å²) in [5.41, 5.74) is 1.13. The summed E-state index contributed by atoms with van der Waals surface area (Å²) < 4.78 is 0. The molecule has 0 saturated heterocycles. The van der Waals surface area contributed by atoms with Crippen molar-refractivity contribution in [2.45, 2.75) is 19.8 Å². The van der Waals surface area contributed by atoms with Crippen molar-refractivity contribution in [3.63, 3.8) is 0 Å². The summed E-state index contributed by atoms with van der Waals surface area (Å²) >= 11 is 0. The van der Waals surface area contributed by atoms with Gasteiger partial charge in [-0.2, -0.15) is 0 Å². The van der Waals surface area contributed by atoms with Crippen LogP contribution in [0.1, 0.15) is 18.1 Å². The lowest BCUT2D eigenvalue weighted by atomic mass is 9.79. The van der Waals surface area contributed by atoms with Crippen molar-refractivity contribution < 1.29 is 9.90 Å². The van der Waals surface area contributed by atoms with Crippen LogP contribution in [0.4, 0.5) is 0 Å². The van der Waals surface area contributed by atoms with Crippen molar-refractivity contribution in [3.05, 3.63) is 60.2 Å². The van der Waals surface area contributed by atoms with Crippen molar-refractivity contribution >= 4 is 5.97 Å². The van der Waals surface area contributed by atoms with Crippen LogP contribution in [-0.4, -0.2) is 21.0 Å². The van der Waals surface area contributed by atoms with Gasteiger partial charge in [0.2, 0.25) is 0 Å². The van der Waals surface area contributed by atoms with Gasteiger partial charge < -0.3 is 5.11 Å². The predicted octanol–water partition coefficient (Wildman–Crippen LogP) is 2.35. The standard InChI is InChI=1S/C15H16N2O2/c1-15(14(18)19,10-12-2-6-16-7-3-12)11-13-4-8-17-9-5-13/h2-9H,10-11H2,1H3,(H,18,19). The highest BCUT2D eigenvalue weighted by Gasteiger charge is 2.33. The van der Waals surface area contributed by atoms with E-state index < -0.39 is 11.4 Å². The SMILES string of the molecule is CC(Cc1ccncc1)(Cc1ccncc1)C(=O)O. The molecule has 0 aliphatic carbocycles. The van der Waals surface area contributed by atoms with Gasteiger partial charge in [-0.05, 0) is 55.2 Å². The zero-order chi connectivity index (χ0) is 13.7. The van der Waals surface area contributed by atoms with Gasteiger partial charge in [-0.3, -0.25) is 14.8 Å². The van der Waals surface area contributed by atoms with Gasteiger partial charge in [0.25, 0.3) is 0 Å². The molecule has 0 spiro atoms. The van der Waals surface area contributed by atoms with Crippen LogP contribution in [0.5, 0.6) is 0 Å². The molecule has 2 heterocycles. The average Bonchev–Trinajstić information content (AvgIpc) is 2.40. The topological polar surface area (TPSA) is 63.1 Å². The molecule has 0 fully saturated rings. The molecule has 98 valence electrons. The van der Waals surface area contributed by atoms with Crippen LogP contribution in [0.15, 0.2) is 49.1 Å². The monoisotopic (exact) mass is 256 g/mol. The lowest BCUT2D eigenvalue weighted by Gasteiger charge is -2.25. The first-order valence-corrected chi connectivity index (χ1v) is 6.11. The molecule has 2 aromatic heterocycles. The van der Waals surface area contributed by atoms with Gasteiger partial charge in [0.1, 0.15) is 0 Å². The molecule has 0 aliphatic heterocycles. The third kappa shape index (κ3) is 3.37. The molecule has 0 saturated carbocycles. The first-order chi connectivity index (χ1) is 9.10. The Morgan fingerprint density at radius 3 is 1.68 bits per heavy atom. The third-order valence-electron chi connectivity index (χ3n) is 3.20. The van der Waals surface area contributed by atoms with Gasteiger partial charge >= 0.3 is 5.97 Å². The van der Waals surface area contributed by atoms with Crippen LogP contribution in [0.2, 0.25) is 0 Å². The van der Waals surface area contributed by atoms with Crippen molar-refractivity contribution in [2.24, 2.45) is 5.41 Å². The number of hydrogen-bond donors (Lipinski definition) is 1. The summed E-state index contributed by atoms with van der Waals surface area (Å²) in [5.74, 6) is -0.791. The first kappa shape index (κ1) is 13.2. The maximum absolute atomic E-state index is 11.6. The van der Waals surface area contributed by atoms with Gasteiger partial charge in [0, 0.05) is 24.8 Å². The number of nitrogens with zero attached hydrogens (tertiary/aromatic N) is 2. The molecule has 2 rings (SSSR count). The maximum Gasteiger partial charge on any atom is 0.310 e. The van der Waals surface area contributed by atoms with Crippen LogP contribution in [0.3, 0.4) is 0 Å². The molecule has 0 amide bonds. The van der Waals surface area contributed by atoms with Gasteiger partial charge in [-0.1, -0.05) is 0 Å². The highest BCUT2D eigenvalue weighted by molar-refractivity contribution is 5.75. The summed E-state index contributed by atoms with van der Waals surface area (Å²) in [4.78, 5) is 19.5. The number of hydrogen-bond acceptors (Lipinski definition) is 3. The molecule has 4 heteroatoms. The number of carbonyl (C=O) groups is 1. The predicted molar refractivity (Wildman–Crippen MR) is 71.6 cm³/mol. The highest BCUT2D eigenvalue weighted by Crippen LogP contribution is 2.27. The molecule has 0 atom stereocenters. The van der Waals surface area contributed by atoms with E-state index >= 15 is 0 Å². The van der Waals surface area contributed by atoms with Crippen LogP contribution >= 0.6 is 0 Å². The van der Waals surface area contributed by atoms with E-state index in [4.69, 9.17) is 0 Å². The second-order valence-electron chi connectivity index (χ2n) is 4.93. The minimum absolute atomic E-state index is 0.479. The summed E-state index contributed by atoms with van der Waals surface area (Å²) in [6.45, 7) is 1.77. The average molecular weight is 256 g/mol. The van der Waals surface area contributed by atoms with E-state index in [1.807, 2.05) is 24.3 Å². The minimum atomic E-state index is -0.831. The number of carboxylic acids is 1. The zero-order valence-corrected chi connectivity index (χ0v) is 10.8. The Labute approximate surface area is 112 Å². The first-order valence-electron chi connectivity index (χ1n) is 6.11. The van der Waals surface area contributed by atoms with Gasteiger partial charge in [-0.25, -0.2) is 0 Å². The number of aromatic nitrogens is 2. The Morgan fingerprint density at radius 2 is 1.37 bits per heavy atom. The molecule has 0 unspecified atom stereocenters. The van der Waals surface area contributed by atoms with Gasteiger partial charge in [0.05, 0.1) is 5.41 Å². The zero-order valence-electron chi connectivity index (χ0n) is 10.8. The minimum Gasteiger partial charge on any atom is -0.481 e. The quantitative estimate of drug-likeness (QED) is 0.892. The van der Waals surface area contributed by atoms with Gasteiger partial charge in [0.15, 0.2) is 0 Å². The molecule has 0 bridgehead atoms. The number of rotatable bonds is 5. The summed E-state index contributed by atoms with van der Waals surface area (Å²) in [5, 5.41) is 9.52. The van der Waals surface area contributed by atoms with Crippen LogP contribution in [0.25, 0.3) is 0 Å². The van der Waals surface area contributed by atoms with Crippen molar-refractivity contribution in [3.8, 4) is 0 Å². The van der Waals surface area contributed by atoms with Gasteiger partial charge in [-0.15, -0.1) is 0 Å². The smallest absolute Gasteiger partial charge is 0.310 e. The van der Waals surface area contributed by atoms with E-state index in [-0.39, 0.29) is 0 Å². The lowest BCUT2D eigenvalue weighted by Crippen LogP contribution is -2.32. The molecule has 2 aromatic rings. The Morgan fingerprint density at radius 1 is 1.00 bits per heavy atom. The van der Waals surface area contributed by atoms with Crippen LogP contribution < -0.4 is 0 Å². The van der Waals surface area contributed by atoms with E-state index in [2.05, 4.69) is 9.97 Å². The fourth-order valence-corrected chi connectivity index (χ4v) is 2.12. The molecule has 4 nitrogen and oxygen atoms in total. The Kier molecular flexibility index (Phi) is 3.90. The number of carboxylic acid groups (broad SMARTS) is 1. The summed E-state index contributed by atoms with van der Waals surface area (Å²) in [6.07, 6.45) is 7.70. The second-order valence-corrected chi connectivity index (χ2v) is 4.93. The normalized spacial score (nSPS) is 11.2. The fraction of sp³-hybridized carbons (Fsp3) is 0.267. The van der Waals surface area contributed by atoms with Crippen molar-refractivity contribution in [1.82, 2.24) is 9.97 Å². The lowest BCUT2D eigenvalue weighted by molar-refractivity contribution is -0.147. The molecule has 19 heavy (non-hydrogen) atoms. The largest absolute Gasteiger partial charge is 0.481 e. The van der Waals surface area contributed by atoms with E-state index in [1.165, 1.54) is 0 Å². The molecule has 1 N–H and O–H groups in total. The molecular formula is C15H16N2O2. The number of aliphatic carboxylic acids is 1. The fourth-order valence-electron chi connectivity index (χ4n) is 2.12. The molecule has 0 aliphatic rings. The Balaban J connectivity index is 2.21. The van der Waals surface area contributed by atoms with E-state index in [9.17, 15) is 9.90 Å². The summed E-state index contributed by atoms with van der Waals surface area (Å²) in [6, 6.07) is 7.42. The maximum atomic E-state index is 11.6. The van der Waals surface area contributed by atoms with Crippen LogP contribution in [0, 0.1) is 5.41 Å². The van der Waals surface area contributed by atoms with Crippen LogP contribution in [-0.2, 0) is 17.6 Å². The van der Waals surface area contributed by atoms with E-state index in [0.717, 1.165) is 11.1 Å². The van der Waals surface area contributed by atoms with Crippen molar-refractivity contribution in [1.29, 1.82) is 0 Å². The Bertz CT molecular complexity index is 499. The summed E-state index contributed by atoms with van der Waals surface area (Å²) in [7, 11) is 0. The second kappa shape index (κ2) is 5.61. The van der Waals surface area contributed by atoms with Crippen molar-refractivity contribution in [2.75, 3.05) is 0 Å². The van der Waals surface area contributed by atoms with E-state index in [1.54, 1.807) is 31.7 Å². The molecular weight excluding hydrogens is 240 g/mol. The molecule has 0 aromatic carbocycles. The number of pyridine rings is 2. The molecule has 0 radical (unpaired) electrons. The third-order valence-corrected chi connectivity index (χ3v) is 3.20. The Hall–Kier alpha value is -2.23.